The predicted octanol–water partition coefficient (Wildman–Crippen LogP) is 2.39. The molecule has 0 amide bonds. The van der Waals surface area contributed by atoms with Crippen LogP contribution in [0.5, 0.6) is 0 Å². The molecular formula is C12H10F2N2O2S. The van der Waals surface area contributed by atoms with E-state index < -0.39 is 17.6 Å². The van der Waals surface area contributed by atoms with E-state index >= 15 is 0 Å². The number of hydrogen-bond acceptors (Lipinski definition) is 3. The Hall–Kier alpha value is -1.89. The average molecular weight is 284 g/mol. The number of imidazole rings is 1. The average Bonchev–Trinajstić information content (AvgIpc) is 2.79. The fourth-order valence-corrected chi connectivity index (χ4v) is 2.21. The van der Waals surface area contributed by atoms with Gasteiger partial charge in [-0.05, 0) is 18.2 Å². The number of aliphatic carboxylic acids is 1. The van der Waals surface area contributed by atoms with E-state index in [1.807, 2.05) is 0 Å². The SMILES string of the molecule is O=C(O)CSc1nccn1Cc1cc(F)ccc1F. The highest BCUT2D eigenvalue weighted by atomic mass is 32.2. The Morgan fingerprint density at radius 1 is 1.42 bits per heavy atom. The van der Waals surface area contributed by atoms with E-state index in [-0.39, 0.29) is 17.9 Å². The van der Waals surface area contributed by atoms with E-state index in [4.69, 9.17) is 5.11 Å². The van der Waals surface area contributed by atoms with Gasteiger partial charge in [-0.25, -0.2) is 13.8 Å². The molecule has 0 unspecified atom stereocenters. The lowest BCUT2D eigenvalue weighted by molar-refractivity contribution is -0.133. The maximum Gasteiger partial charge on any atom is 0.313 e. The summed E-state index contributed by atoms with van der Waals surface area (Å²) in [4.78, 5) is 14.5. The van der Waals surface area contributed by atoms with Crippen LogP contribution in [-0.2, 0) is 11.3 Å². The molecule has 2 rings (SSSR count). The van der Waals surface area contributed by atoms with Crippen molar-refractivity contribution in [2.24, 2.45) is 0 Å². The van der Waals surface area contributed by atoms with E-state index in [2.05, 4.69) is 4.98 Å². The fraction of sp³-hybridized carbons (Fsp3) is 0.167. The molecule has 1 N–H and O–H groups in total. The van der Waals surface area contributed by atoms with Crippen LogP contribution >= 0.6 is 11.8 Å². The van der Waals surface area contributed by atoms with Crippen LogP contribution < -0.4 is 0 Å². The summed E-state index contributed by atoms with van der Waals surface area (Å²) in [5.41, 5.74) is 0.190. The quantitative estimate of drug-likeness (QED) is 0.857. The van der Waals surface area contributed by atoms with E-state index in [9.17, 15) is 13.6 Å². The van der Waals surface area contributed by atoms with Crippen molar-refractivity contribution in [2.75, 3.05) is 5.75 Å². The number of carboxylic acids is 1. The first-order valence-electron chi connectivity index (χ1n) is 5.36. The Kier molecular flexibility index (Phi) is 4.16. The van der Waals surface area contributed by atoms with Crippen LogP contribution in [0.1, 0.15) is 5.56 Å². The molecule has 0 saturated heterocycles. The van der Waals surface area contributed by atoms with Gasteiger partial charge in [-0.3, -0.25) is 4.79 Å². The molecule has 4 nitrogen and oxygen atoms in total. The third-order valence-electron chi connectivity index (χ3n) is 2.35. The zero-order valence-electron chi connectivity index (χ0n) is 9.72. The molecule has 0 aliphatic rings. The van der Waals surface area contributed by atoms with Gasteiger partial charge in [0.25, 0.3) is 0 Å². The zero-order valence-corrected chi connectivity index (χ0v) is 10.5. The normalized spacial score (nSPS) is 10.6. The number of carboxylic acid groups (broad SMARTS) is 1. The number of thioether (sulfide) groups is 1. The Labute approximate surface area is 112 Å². The molecule has 1 heterocycles. The van der Waals surface area contributed by atoms with Gasteiger partial charge in [-0.15, -0.1) is 0 Å². The van der Waals surface area contributed by atoms with Crippen LogP contribution in [0.3, 0.4) is 0 Å². The van der Waals surface area contributed by atoms with Crippen LogP contribution in [-0.4, -0.2) is 26.4 Å². The lowest BCUT2D eigenvalue weighted by atomic mass is 10.2. The molecule has 100 valence electrons. The molecule has 0 radical (unpaired) electrons. The van der Waals surface area contributed by atoms with Gasteiger partial charge in [0.2, 0.25) is 0 Å². The van der Waals surface area contributed by atoms with E-state index in [0.29, 0.717) is 5.16 Å². The minimum atomic E-state index is -0.962. The minimum Gasteiger partial charge on any atom is -0.481 e. The number of nitrogens with zero attached hydrogens (tertiary/aromatic N) is 2. The number of carbonyl (C=O) groups is 1. The molecular weight excluding hydrogens is 274 g/mol. The molecule has 0 aliphatic carbocycles. The summed E-state index contributed by atoms with van der Waals surface area (Å²) in [5.74, 6) is -2.13. The minimum absolute atomic E-state index is 0.103. The number of benzene rings is 1. The molecule has 0 fully saturated rings. The third kappa shape index (κ3) is 3.54. The van der Waals surface area contributed by atoms with Gasteiger partial charge in [0.15, 0.2) is 5.16 Å². The molecule has 19 heavy (non-hydrogen) atoms. The summed E-state index contributed by atoms with van der Waals surface area (Å²) in [6.07, 6.45) is 3.08. The van der Waals surface area contributed by atoms with E-state index in [0.717, 1.165) is 30.0 Å². The van der Waals surface area contributed by atoms with Gasteiger partial charge in [-0.2, -0.15) is 0 Å². The lowest BCUT2D eigenvalue weighted by Crippen LogP contribution is -2.05. The smallest absolute Gasteiger partial charge is 0.313 e. The second-order valence-corrected chi connectivity index (χ2v) is 4.70. The summed E-state index contributed by atoms with van der Waals surface area (Å²) in [6.45, 7) is 0.103. The Balaban J connectivity index is 2.17. The van der Waals surface area contributed by atoms with Crippen LogP contribution in [0.15, 0.2) is 35.7 Å². The van der Waals surface area contributed by atoms with Crippen LogP contribution in [0.25, 0.3) is 0 Å². The monoisotopic (exact) mass is 284 g/mol. The van der Waals surface area contributed by atoms with Gasteiger partial charge in [-0.1, -0.05) is 11.8 Å². The molecule has 0 aliphatic heterocycles. The van der Waals surface area contributed by atoms with Crippen LogP contribution in [0.2, 0.25) is 0 Å². The van der Waals surface area contributed by atoms with Gasteiger partial charge in [0.05, 0.1) is 12.3 Å². The standard InChI is InChI=1S/C12H10F2N2O2S/c13-9-1-2-10(14)8(5-9)6-16-4-3-15-12(16)19-7-11(17)18/h1-5H,6-7H2,(H,17,18). The highest BCUT2D eigenvalue weighted by Crippen LogP contribution is 2.18. The summed E-state index contributed by atoms with van der Waals surface area (Å²) < 4.78 is 28.1. The van der Waals surface area contributed by atoms with Crippen molar-refractivity contribution in [2.45, 2.75) is 11.7 Å². The van der Waals surface area contributed by atoms with Crippen molar-refractivity contribution in [3.63, 3.8) is 0 Å². The number of aromatic nitrogens is 2. The summed E-state index contributed by atoms with van der Waals surface area (Å²) in [7, 11) is 0. The molecule has 0 spiro atoms. The van der Waals surface area contributed by atoms with Crippen molar-refractivity contribution in [1.29, 1.82) is 0 Å². The third-order valence-corrected chi connectivity index (χ3v) is 3.34. The number of halogens is 2. The summed E-state index contributed by atoms with van der Waals surface area (Å²) in [6, 6.07) is 3.22. The first-order valence-corrected chi connectivity index (χ1v) is 6.34. The van der Waals surface area contributed by atoms with Crippen molar-refractivity contribution in [3.05, 3.63) is 47.8 Å². The molecule has 0 saturated carbocycles. The molecule has 1 aromatic carbocycles. The summed E-state index contributed by atoms with van der Waals surface area (Å²) in [5, 5.41) is 9.06. The van der Waals surface area contributed by atoms with Gasteiger partial charge < -0.3 is 9.67 Å². The van der Waals surface area contributed by atoms with Crippen LogP contribution in [0, 0.1) is 11.6 Å². The largest absolute Gasteiger partial charge is 0.481 e. The van der Waals surface area contributed by atoms with E-state index in [1.54, 1.807) is 10.8 Å². The predicted molar refractivity (Wildman–Crippen MR) is 66.0 cm³/mol. The molecule has 0 bridgehead atoms. The zero-order chi connectivity index (χ0) is 13.8. The maximum atomic E-state index is 13.5. The van der Waals surface area contributed by atoms with Gasteiger partial charge in [0, 0.05) is 18.0 Å². The molecule has 2 aromatic rings. The number of hydrogen-bond donors (Lipinski definition) is 1. The first kappa shape index (κ1) is 13.5. The Bertz CT molecular complexity index is 601. The molecule has 0 atom stereocenters. The van der Waals surface area contributed by atoms with Crippen molar-refractivity contribution in [1.82, 2.24) is 9.55 Å². The molecule has 7 heteroatoms. The van der Waals surface area contributed by atoms with Gasteiger partial charge >= 0.3 is 5.97 Å². The maximum absolute atomic E-state index is 13.5. The Morgan fingerprint density at radius 3 is 2.95 bits per heavy atom. The van der Waals surface area contributed by atoms with Crippen molar-refractivity contribution < 1.29 is 18.7 Å². The second kappa shape index (κ2) is 5.83. The van der Waals surface area contributed by atoms with Crippen molar-refractivity contribution in [3.8, 4) is 0 Å². The topological polar surface area (TPSA) is 55.1 Å². The Morgan fingerprint density at radius 2 is 2.21 bits per heavy atom. The molecule has 1 aromatic heterocycles. The van der Waals surface area contributed by atoms with Crippen molar-refractivity contribution >= 4 is 17.7 Å². The lowest BCUT2D eigenvalue weighted by Gasteiger charge is -2.08. The second-order valence-electron chi connectivity index (χ2n) is 3.76. The first-order chi connectivity index (χ1) is 9.06. The van der Waals surface area contributed by atoms with Gasteiger partial charge in [0.1, 0.15) is 11.6 Å². The summed E-state index contributed by atoms with van der Waals surface area (Å²) >= 11 is 1.03. The highest BCUT2D eigenvalue weighted by Gasteiger charge is 2.10. The number of rotatable bonds is 5. The van der Waals surface area contributed by atoms with Crippen LogP contribution in [0.4, 0.5) is 8.78 Å². The van der Waals surface area contributed by atoms with E-state index in [1.165, 1.54) is 6.20 Å². The highest BCUT2D eigenvalue weighted by molar-refractivity contribution is 7.99. The fourth-order valence-electron chi connectivity index (χ4n) is 1.53.